The fourth-order valence-corrected chi connectivity index (χ4v) is 3.07. The first-order valence-electron chi connectivity index (χ1n) is 8.22. The molecular weight excluding hydrogens is 389 g/mol. The summed E-state index contributed by atoms with van der Waals surface area (Å²) >= 11 is 11.9. The Labute approximate surface area is 166 Å². The van der Waals surface area contributed by atoms with Crippen LogP contribution in [0.5, 0.6) is 0 Å². The number of aromatic nitrogens is 2. The lowest BCUT2D eigenvalue weighted by Gasteiger charge is -2.18. The zero-order valence-corrected chi connectivity index (χ0v) is 15.8. The van der Waals surface area contributed by atoms with Gasteiger partial charge in [-0.25, -0.2) is 9.97 Å². The van der Waals surface area contributed by atoms with E-state index < -0.39 is 0 Å². The van der Waals surface area contributed by atoms with Crippen molar-refractivity contribution < 1.29 is 9.59 Å². The van der Waals surface area contributed by atoms with Crippen molar-refractivity contribution in [2.75, 3.05) is 23.7 Å². The SMILES string of the molecule is C=CC(=O)Nc1ccc(C(=O)N2CC[C@H](Nc3ncc(Cl)cn3)C2)cc1Cl. The third kappa shape index (κ3) is 4.75. The second-order valence-corrected chi connectivity index (χ2v) is 6.84. The lowest BCUT2D eigenvalue weighted by molar-refractivity contribution is -0.111. The first-order chi connectivity index (χ1) is 13.0. The number of likely N-dealkylation sites (tertiary alicyclic amines) is 1. The molecule has 140 valence electrons. The minimum atomic E-state index is -0.367. The second kappa shape index (κ2) is 8.37. The zero-order valence-electron chi connectivity index (χ0n) is 14.3. The number of rotatable bonds is 5. The van der Waals surface area contributed by atoms with Gasteiger partial charge in [0.2, 0.25) is 11.9 Å². The molecule has 1 atom stereocenters. The minimum absolute atomic E-state index is 0.0525. The van der Waals surface area contributed by atoms with E-state index in [1.54, 1.807) is 23.1 Å². The molecule has 0 unspecified atom stereocenters. The van der Waals surface area contributed by atoms with E-state index in [9.17, 15) is 9.59 Å². The monoisotopic (exact) mass is 405 g/mol. The van der Waals surface area contributed by atoms with Gasteiger partial charge in [0, 0.05) is 24.7 Å². The van der Waals surface area contributed by atoms with E-state index in [1.165, 1.54) is 12.4 Å². The summed E-state index contributed by atoms with van der Waals surface area (Å²) in [5, 5.41) is 6.54. The third-order valence-corrected chi connectivity index (χ3v) is 4.60. The lowest BCUT2D eigenvalue weighted by atomic mass is 10.2. The van der Waals surface area contributed by atoms with Crippen LogP contribution in [0.1, 0.15) is 16.8 Å². The van der Waals surface area contributed by atoms with E-state index in [4.69, 9.17) is 23.2 Å². The molecule has 1 aliphatic heterocycles. The number of nitrogens with one attached hydrogen (secondary N) is 2. The molecule has 1 fully saturated rings. The van der Waals surface area contributed by atoms with E-state index in [0.29, 0.717) is 40.3 Å². The average Bonchev–Trinajstić information content (AvgIpc) is 3.13. The van der Waals surface area contributed by atoms with Crippen molar-refractivity contribution in [2.24, 2.45) is 0 Å². The topological polar surface area (TPSA) is 87.2 Å². The van der Waals surface area contributed by atoms with E-state index in [1.807, 2.05) is 0 Å². The Hall–Kier alpha value is -2.64. The van der Waals surface area contributed by atoms with E-state index in [-0.39, 0.29) is 17.9 Å². The Bertz CT molecular complexity index is 873. The normalized spacial score (nSPS) is 16.1. The molecule has 2 heterocycles. The number of carbonyl (C=O) groups is 2. The maximum Gasteiger partial charge on any atom is 0.253 e. The predicted octanol–water partition coefficient (Wildman–Crippen LogP) is 3.23. The molecule has 7 nitrogen and oxygen atoms in total. The molecule has 3 rings (SSSR count). The summed E-state index contributed by atoms with van der Waals surface area (Å²) < 4.78 is 0. The van der Waals surface area contributed by atoms with Crippen molar-refractivity contribution in [3.05, 3.63) is 58.9 Å². The smallest absolute Gasteiger partial charge is 0.253 e. The van der Waals surface area contributed by atoms with Crippen molar-refractivity contribution in [2.45, 2.75) is 12.5 Å². The molecule has 2 amide bonds. The van der Waals surface area contributed by atoms with Gasteiger partial charge < -0.3 is 15.5 Å². The predicted molar refractivity (Wildman–Crippen MR) is 105 cm³/mol. The van der Waals surface area contributed by atoms with E-state index in [2.05, 4.69) is 27.2 Å². The van der Waals surface area contributed by atoms with Gasteiger partial charge in [0.05, 0.1) is 28.1 Å². The Kier molecular flexibility index (Phi) is 5.93. The van der Waals surface area contributed by atoms with Crippen LogP contribution in [0, 0.1) is 0 Å². The molecular formula is C18H17Cl2N5O2. The van der Waals surface area contributed by atoms with Crippen molar-refractivity contribution in [1.29, 1.82) is 0 Å². The number of anilines is 2. The number of halogens is 2. The summed E-state index contributed by atoms with van der Waals surface area (Å²) in [6.45, 7) is 4.52. The van der Waals surface area contributed by atoms with Gasteiger partial charge in [-0.1, -0.05) is 29.8 Å². The second-order valence-electron chi connectivity index (χ2n) is 5.99. The Balaban J connectivity index is 1.62. The molecule has 1 saturated heterocycles. The summed E-state index contributed by atoms with van der Waals surface area (Å²) in [4.78, 5) is 34.0. The molecule has 0 bridgehead atoms. The van der Waals surface area contributed by atoms with Crippen molar-refractivity contribution >= 4 is 46.7 Å². The number of nitrogens with zero attached hydrogens (tertiary/aromatic N) is 3. The van der Waals surface area contributed by atoms with E-state index in [0.717, 1.165) is 12.5 Å². The summed E-state index contributed by atoms with van der Waals surface area (Å²) in [5.74, 6) is -0.0160. The maximum atomic E-state index is 12.7. The molecule has 9 heteroatoms. The Morgan fingerprint density at radius 3 is 2.67 bits per heavy atom. The Morgan fingerprint density at radius 2 is 2.00 bits per heavy atom. The van der Waals surface area contributed by atoms with Crippen LogP contribution in [0.2, 0.25) is 10.0 Å². The van der Waals surface area contributed by atoms with Gasteiger partial charge in [-0.15, -0.1) is 0 Å². The van der Waals surface area contributed by atoms with Crippen LogP contribution in [0.15, 0.2) is 43.2 Å². The number of amides is 2. The molecule has 0 aliphatic carbocycles. The van der Waals surface area contributed by atoms with Crippen LogP contribution < -0.4 is 10.6 Å². The molecule has 0 radical (unpaired) electrons. The van der Waals surface area contributed by atoms with Crippen molar-refractivity contribution in [1.82, 2.24) is 14.9 Å². The highest BCUT2D eigenvalue weighted by molar-refractivity contribution is 6.34. The molecule has 1 aromatic heterocycles. The summed E-state index contributed by atoms with van der Waals surface area (Å²) in [7, 11) is 0. The van der Waals surface area contributed by atoms with Crippen LogP contribution in [0.25, 0.3) is 0 Å². The van der Waals surface area contributed by atoms with Crippen LogP contribution in [-0.2, 0) is 4.79 Å². The van der Waals surface area contributed by atoms with Gasteiger partial charge >= 0.3 is 0 Å². The highest BCUT2D eigenvalue weighted by Crippen LogP contribution is 2.25. The van der Waals surface area contributed by atoms with Crippen LogP contribution in [0.4, 0.5) is 11.6 Å². The highest BCUT2D eigenvalue weighted by Gasteiger charge is 2.27. The fourth-order valence-electron chi connectivity index (χ4n) is 2.75. The summed E-state index contributed by atoms with van der Waals surface area (Å²) in [6.07, 6.45) is 4.96. The first kappa shape index (κ1) is 19.1. The molecule has 1 aromatic carbocycles. The zero-order chi connectivity index (χ0) is 19.4. The summed E-state index contributed by atoms with van der Waals surface area (Å²) in [5.41, 5.74) is 0.888. The third-order valence-electron chi connectivity index (χ3n) is 4.09. The molecule has 0 spiro atoms. The number of hydrogen-bond acceptors (Lipinski definition) is 5. The molecule has 1 aliphatic rings. The molecule has 27 heavy (non-hydrogen) atoms. The van der Waals surface area contributed by atoms with Crippen molar-refractivity contribution in [3.63, 3.8) is 0 Å². The van der Waals surface area contributed by atoms with Gasteiger partial charge in [-0.05, 0) is 30.7 Å². The molecule has 0 saturated carbocycles. The molecule has 2 aromatic rings. The van der Waals surface area contributed by atoms with Gasteiger partial charge in [-0.3, -0.25) is 9.59 Å². The summed E-state index contributed by atoms with van der Waals surface area (Å²) in [6, 6.07) is 4.84. The average molecular weight is 406 g/mol. The Morgan fingerprint density at radius 1 is 1.26 bits per heavy atom. The van der Waals surface area contributed by atoms with Crippen LogP contribution in [0.3, 0.4) is 0 Å². The lowest BCUT2D eigenvalue weighted by Crippen LogP contribution is -2.31. The number of hydrogen-bond donors (Lipinski definition) is 2. The fraction of sp³-hybridized carbons (Fsp3) is 0.222. The van der Waals surface area contributed by atoms with Crippen molar-refractivity contribution in [3.8, 4) is 0 Å². The molecule has 2 N–H and O–H groups in total. The number of carbonyl (C=O) groups excluding carboxylic acids is 2. The highest BCUT2D eigenvalue weighted by atomic mass is 35.5. The quantitative estimate of drug-likeness (QED) is 0.745. The van der Waals surface area contributed by atoms with Crippen LogP contribution >= 0.6 is 23.2 Å². The largest absolute Gasteiger partial charge is 0.350 e. The van der Waals surface area contributed by atoms with E-state index >= 15 is 0 Å². The number of benzene rings is 1. The van der Waals surface area contributed by atoms with Crippen LogP contribution in [-0.4, -0.2) is 45.8 Å². The van der Waals surface area contributed by atoms with Gasteiger partial charge in [0.1, 0.15) is 0 Å². The minimum Gasteiger partial charge on any atom is -0.350 e. The maximum absolute atomic E-state index is 12.7. The standard InChI is InChI=1S/C18H17Cl2N5O2/c1-2-16(26)24-15-4-3-11(7-14(15)20)17(27)25-6-5-13(10-25)23-18-21-8-12(19)9-22-18/h2-4,7-9,13H,1,5-6,10H2,(H,24,26)(H,21,22,23)/t13-/m0/s1. The van der Waals surface area contributed by atoms with Gasteiger partial charge in [0.25, 0.3) is 5.91 Å². The van der Waals surface area contributed by atoms with Gasteiger partial charge in [0.15, 0.2) is 0 Å². The van der Waals surface area contributed by atoms with Gasteiger partial charge in [-0.2, -0.15) is 0 Å². The first-order valence-corrected chi connectivity index (χ1v) is 8.98.